The SMILES string of the molecule is CC1Cc2[nH]c(SCC(=O)O)nc2C(C)O1. The zero-order valence-corrected chi connectivity index (χ0v) is 10.0. The lowest BCUT2D eigenvalue weighted by Crippen LogP contribution is -2.21. The number of carboxylic acids is 1. The molecule has 0 saturated carbocycles. The summed E-state index contributed by atoms with van der Waals surface area (Å²) in [4.78, 5) is 18.0. The molecule has 0 aromatic carbocycles. The van der Waals surface area contributed by atoms with Gasteiger partial charge in [-0.3, -0.25) is 4.79 Å². The van der Waals surface area contributed by atoms with Gasteiger partial charge in [-0.1, -0.05) is 11.8 Å². The highest BCUT2D eigenvalue weighted by Crippen LogP contribution is 2.30. The third kappa shape index (κ3) is 2.38. The summed E-state index contributed by atoms with van der Waals surface area (Å²) in [6, 6.07) is 0. The highest BCUT2D eigenvalue weighted by Gasteiger charge is 2.25. The predicted molar refractivity (Wildman–Crippen MR) is 59.6 cm³/mol. The van der Waals surface area contributed by atoms with Crippen molar-refractivity contribution < 1.29 is 14.6 Å². The topological polar surface area (TPSA) is 75.2 Å². The first-order valence-corrected chi connectivity index (χ1v) is 6.13. The average Bonchev–Trinajstić information content (AvgIpc) is 2.57. The number of carbonyl (C=O) groups is 1. The number of ether oxygens (including phenoxy) is 1. The van der Waals surface area contributed by atoms with Gasteiger partial charge in [0, 0.05) is 12.1 Å². The van der Waals surface area contributed by atoms with Crippen molar-refractivity contribution in [2.24, 2.45) is 0 Å². The summed E-state index contributed by atoms with van der Waals surface area (Å²) in [5.41, 5.74) is 1.98. The van der Waals surface area contributed by atoms with E-state index in [4.69, 9.17) is 9.84 Å². The van der Waals surface area contributed by atoms with Crippen LogP contribution in [0.3, 0.4) is 0 Å². The van der Waals surface area contributed by atoms with Gasteiger partial charge in [0.1, 0.15) is 0 Å². The van der Waals surface area contributed by atoms with Crippen LogP contribution in [0.15, 0.2) is 5.16 Å². The Hall–Kier alpha value is -1.01. The summed E-state index contributed by atoms with van der Waals surface area (Å²) in [5.74, 6) is -0.811. The molecule has 1 aromatic rings. The second-order valence-corrected chi connectivity index (χ2v) is 4.85. The molecule has 0 spiro atoms. The molecule has 2 heterocycles. The molecule has 0 radical (unpaired) electrons. The van der Waals surface area contributed by atoms with Crippen LogP contribution in [0.2, 0.25) is 0 Å². The monoisotopic (exact) mass is 242 g/mol. The van der Waals surface area contributed by atoms with E-state index in [0.717, 1.165) is 17.8 Å². The van der Waals surface area contributed by atoms with E-state index in [1.807, 2.05) is 13.8 Å². The summed E-state index contributed by atoms with van der Waals surface area (Å²) in [7, 11) is 0. The fourth-order valence-electron chi connectivity index (χ4n) is 1.84. The molecular formula is C10H14N2O3S. The largest absolute Gasteiger partial charge is 0.481 e. The molecule has 2 rings (SSSR count). The summed E-state index contributed by atoms with van der Waals surface area (Å²) in [5, 5.41) is 9.25. The van der Waals surface area contributed by atoms with Crippen molar-refractivity contribution in [3.8, 4) is 0 Å². The van der Waals surface area contributed by atoms with Crippen LogP contribution in [0, 0.1) is 0 Å². The van der Waals surface area contributed by atoms with E-state index in [0.29, 0.717) is 5.16 Å². The molecule has 2 atom stereocenters. The maximum Gasteiger partial charge on any atom is 0.313 e. The molecule has 1 aliphatic heterocycles. The van der Waals surface area contributed by atoms with Crippen LogP contribution in [0.25, 0.3) is 0 Å². The predicted octanol–water partition coefficient (Wildman–Crippen LogP) is 1.61. The quantitative estimate of drug-likeness (QED) is 0.787. The van der Waals surface area contributed by atoms with E-state index >= 15 is 0 Å². The van der Waals surface area contributed by atoms with Gasteiger partial charge in [0.25, 0.3) is 0 Å². The number of thioether (sulfide) groups is 1. The number of aliphatic carboxylic acids is 1. The third-order valence-electron chi connectivity index (χ3n) is 2.43. The maximum absolute atomic E-state index is 10.4. The Balaban J connectivity index is 2.13. The van der Waals surface area contributed by atoms with Gasteiger partial charge in [-0.05, 0) is 13.8 Å². The molecule has 2 N–H and O–H groups in total. The van der Waals surface area contributed by atoms with Gasteiger partial charge in [0.05, 0.1) is 23.7 Å². The van der Waals surface area contributed by atoms with E-state index in [-0.39, 0.29) is 18.0 Å². The van der Waals surface area contributed by atoms with Crippen molar-refractivity contribution in [3.05, 3.63) is 11.4 Å². The van der Waals surface area contributed by atoms with Crippen molar-refractivity contribution in [2.45, 2.75) is 37.6 Å². The Bertz CT molecular complexity index is 405. The summed E-state index contributed by atoms with van der Waals surface area (Å²) in [6.07, 6.45) is 0.967. The second-order valence-electron chi connectivity index (χ2n) is 3.88. The Morgan fingerprint density at radius 1 is 1.69 bits per heavy atom. The van der Waals surface area contributed by atoms with Gasteiger partial charge < -0.3 is 14.8 Å². The lowest BCUT2D eigenvalue weighted by Gasteiger charge is -2.23. The molecule has 0 fully saturated rings. The van der Waals surface area contributed by atoms with Crippen molar-refractivity contribution in [1.29, 1.82) is 0 Å². The Morgan fingerprint density at radius 2 is 2.44 bits per heavy atom. The van der Waals surface area contributed by atoms with Gasteiger partial charge in [0.15, 0.2) is 5.16 Å². The van der Waals surface area contributed by atoms with Crippen LogP contribution in [0.1, 0.15) is 31.3 Å². The van der Waals surface area contributed by atoms with Crippen LogP contribution in [0.5, 0.6) is 0 Å². The number of H-pyrrole nitrogens is 1. The molecule has 0 amide bonds. The zero-order chi connectivity index (χ0) is 11.7. The van der Waals surface area contributed by atoms with Crippen molar-refractivity contribution in [2.75, 3.05) is 5.75 Å². The highest BCUT2D eigenvalue weighted by atomic mass is 32.2. The van der Waals surface area contributed by atoms with E-state index < -0.39 is 5.97 Å². The average molecular weight is 242 g/mol. The highest BCUT2D eigenvalue weighted by molar-refractivity contribution is 7.99. The summed E-state index contributed by atoms with van der Waals surface area (Å²) in [6.45, 7) is 3.98. The Morgan fingerprint density at radius 3 is 3.12 bits per heavy atom. The van der Waals surface area contributed by atoms with Crippen LogP contribution < -0.4 is 0 Å². The molecular weight excluding hydrogens is 228 g/mol. The van der Waals surface area contributed by atoms with Crippen LogP contribution >= 0.6 is 11.8 Å². The van der Waals surface area contributed by atoms with Crippen LogP contribution in [0.4, 0.5) is 0 Å². The standard InChI is InChI=1S/C10H14N2O3S/c1-5-3-7-9(6(2)15-5)12-10(11-7)16-4-8(13)14/h5-6H,3-4H2,1-2H3,(H,11,12)(H,13,14). The number of carboxylic acid groups (broad SMARTS) is 1. The molecule has 5 nitrogen and oxygen atoms in total. The number of fused-ring (bicyclic) bond motifs is 1. The number of hydrogen-bond donors (Lipinski definition) is 2. The first kappa shape index (κ1) is 11.5. The van der Waals surface area contributed by atoms with Crippen LogP contribution in [-0.2, 0) is 16.0 Å². The lowest BCUT2D eigenvalue weighted by atomic mass is 10.1. The van der Waals surface area contributed by atoms with E-state index in [1.165, 1.54) is 11.8 Å². The molecule has 0 bridgehead atoms. The summed E-state index contributed by atoms with van der Waals surface area (Å²) >= 11 is 1.20. The smallest absolute Gasteiger partial charge is 0.313 e. The number of aromatic nitrogens is 2. The number of aromatic amines is 1. The molecule has 2 unspecified atom stereocenters. The number of nitrogens with zero attached hydrogens (tertiary/aromatic N) is 1. The van der Waals surface area contributed by atoms with Gasteiger partial charge in [0.2, 0.25) is 0 Å². The van der Waals surface area contributed by atoms with Gasteiger partial charge >= 0.3 is 5.97 Å². The molecule has 16 heavy (non-hydrogen) atoms. The second kappa shape index (κ2) is 4.47. The van der Waals surface area contributed by atoms with E-state index in [1.54, 1.807) is 0 Å². The first-order valence-electron chi connectivity index (χ1n) is 5.15. The molecule has 0 aliphatic carbocycles. The van der Waals surface area contributed by atoms with Gasteiger partial charge in [-0.25, -0.2) is 4.98 Å². The van der Waals surface area contributed by atoms with Gasteiger partial charge in [-0.2, -0.15) is 0 Å². The molecule has 0 saturated heterocycles. The maximum atomic E-state index is 10.4. The minimum Gasteiger partial charge on any atom is -0.481 e. The fourth-order valence-corrected chi connectivity index (χ4v) is 2.46. The lowest BCUT2D eigenvalue weighted by molar-refractivity contribution is -0.133. The minimum absolute atomic E-state index is 0.0193. The van der Waals surface area contributed by atoms with Gasteiger partial charge in [-0.15, -0.1) is 0 Å². The molecule has 88 valence electrons. The van der Waals surface area contributed by atoms with E-state index in [2.05, 4.69) is 9.97 Å². The summed E-state index contributed by atoms with van der Waals surface area (Å²) < 4.78 is 5.64. The third-order valence-corrected chi connectivity index (χ3v) is 3.29. The van der Waals surface area contributed by atoms with Crippen molar-refractivity contribution in [1.82, 2.24) is 9.97 Å². The molecule has 1 aromatic heterocycles. The van der Waals surface area contributed by atoms with E-state index in [9.17, 15) is 4.79 Å². The normalized spacial score (nSPS) is 24.1. The van der Waals surface area contributed by atoms with Crippen molar-refractivity contribution in [3.63, 3.8) is 0 Å². The number of rotatable bonds is 3. The van der Waals surface area contributed by atoms with Crippen molar-refractivity contribution >= 4 is 17.7 Å². The minimum atomic E-state index is -0.836. The first-order chi connectivity index (χ1) is 7.56. The number of hydrogen-bond acceptors (Lipinski definition) is 4. The van der Waals surface area contributed by atoms with Crippen LogP contribution in [-0.4, -0.2) is 32.9 Å². The zero-order valence-electron chi connectivity index (χ0n) is 9.19. The Labute approximate surface area is 97.6 Å². The fraction of sp³-hybridized carbons (Fsp3) is 0.600. The molecule has 1 aliphatic rings. The number of nitrogens with one attached hydrogen (secondary N) is 1. The Kier molecular flexibility index (Phi) is 3.20. The number of imidazole rings is 1. The molecule has 6 heteroatoms.